The highest BCUT2D eigenvalue weighted by atomic mass is 16.5. The second kappa shape index (κ2) is 11.1. The molecule has 3 atom stereocenters. The first-order valence-electron chi connectivity index (χ1n) is 12.7. The lowest BCUT2D eigenvalue weighted by molar-refractivity contribution is -0.125. The third-order valence-corrected chi connectivity index (χ3v) is 7.49. The molecule has 2 saturated heterocycles. The highest BCUT2D eigenvalue weighted by Gasteiger charge is 2.41. The van der Waals surface area contributed by atoms with Gasteiger partial charge in [0.2, 0.25) is 5.91 Å². The predicted molar refractivity (Wildman–Crippen MR) is 127 cm³/mol. The van der Waals surface area contributed by atoms with E-state index in [4.69, 9.17) is 4.74 Å². The molecule has 3 aliphatic rings. The number of ether oxygens (including phenoxy) is 1. The number of rotatable bonds is 5. The van der Waals surface area contributed by atoms with Gasteiger partial charge >= 0.3 is 6.03 Å². The molecule has 0 radical (unpaired) electrons. The molecule has 3 unspecified atom stereocenters. The normalized spacial score (nSPS) is 27.3. The van der Waals surface area contributed by atoms with E-state index in [9.17, 15) is 14.9 Å². The Kier molecular flexibility index (Phi) is 8.63. The van der Waals surface area contributed by atoms with Crippen molar-refractivity contribution in [1.29, 1.82) is 5.26 Å². The maximum Gasteiger partial charge on any atom is 0.318 e. The summed E-state index contributed by atoms with van der Waals surface area (Å²) in [6.45, 7) is 12.2. The molecule has 186 valence electrons. The molecule has 0 aromatic carbocycles. The van der Waals surface area contributed by atoms with E-state index in [1.165, 1.54) is 25.7 Å². The number of nitrogens with one attached hydrogen (secondary N) is 2. The van der Waals surface area contributed by atoms with Crippen LogP contribution in [-0.4, -0.2) is 78.8 Å². The molecule has 0 spiro atoms. The molecule has 1 saturated carbocycles. The lowest BCUT2D eigenvalue weighted by Crippen LogP contribution is -2.61. The summed E-state index contributed by atoms with van der Waals surface area (Å²) in [7, 11) is 0. The minimum Gasteiger partial charge on any atom is -0.378 e. The van der Waals surface area contributed by atoms with Crippen LogP contribution in [0.3, 0.4) is 0 Å². The smallest absolute Gasteiger partial charge is 0.318 e. The van der Waals surface area contributed by atoms with E-state index in [1.807, 2.05) is 0 Å². The summed E-state index contributed by atoms with van der Waals surface area (Å²) in [6, 6.07) is 2.09. The van der Waals surface area contributed by atoms with E-state index in [-0.39, 0.29) is 17.4 Å². The molecule has 0 bridgehead atoms. The van der Waals surface area contributed by atoms with Crippen molar-refractivity contribution in [1.82, 2.24) is 20.4 Å². The van der Waals surface area contributed by atoms with E-state index in [0.717, 1.165) is 13.1 Å². The maximum absolute atomic E-state index is 13.4. The minimum absolute atomic E-state index is 0.152. The van der Waals surface area contributed by atoms with Gasteiger partial charge in [-0.05, 0) is 43.4 Å². The first-order valence-corrected chi connectivity index (χ1v) is 12.7. The molecule has 2 N–H and O–H groups in total. The van der Waals surface area contributed by atoms with Gasteiger partial charge < -0.3 is 20.3 Å². The van der Waals surface area contributed by atoms with Crippen LogP contribution in [0.15, 0.2) is 0 Å². The topological polar surface area (TPSA) is 97.7 Å². The lowest BCUT2D eigenvalue weighted by Gasteiger charge is -2.45. The quantitative estimate of drug-likeness (QED) is 0.656. The van der Waals surface area contributed by atoms with Gasteiger partial charge in [0.05, 0.1) is 19.3 Å². The Morgan fingerprint density at radius 1 is 1.12 bits per heavy atom. The largest absolute Gasteiger partial charge is 0.378 e. The van der Waals surface area contributed by atoms with Crippen molar-refractivity contribution in [3.8, 4) is 6.07 Å². The first-order chi connectivity index (χ1) is 15.6. The van der Waals surface area contributed by atoms with Gasteiger partial charge in [-0.1, -0.05) is 40.5 Å². The molecule has 2 aliphatic heterocycles. The molecule has 1 aliphatic carbocycles. The number of carbonyl (C=O) groups is 2. The standard InChI is InChI=1S/C25H43N5O3/c1-19-7-5-6-8-21(19)29-11-9-25(18-26,10-12-29)28-22(31)20(17-24(2,3)4)27-23(32)30-13-15-33-16-14-30/h19-21H,5-17H2,1-4H3,(H,27,32)(H,28,31). The van der Waals surface area contributed by atoms with Gasteiger partial charge in [0.25, 0.3) is 0 Å². The molecule has 8 nitrogen and oxygen atoms in total. The van der Waals surface area contributed by atoms with Gasteiger partial charge in [0.1, 0.15) is 11.6 Å². The number of nitrogens with zero attached hydrogens (tertiary/aromatic N) is 3. The van der Waals surface area contributed by atoms with E-state index < -0.39 is 11.6 Å². The summed E-state index contributed by atoms with van der Waals surface area (Å²) >= 11 is 0. The average Bonchev–Trinajstić information content (AvgIpc) is 2.79. The van der Waals surface area contributed by atoms with Crippen molar-refractivity contribution in [3.05, 3.63) is 0 Å². The molecule has 33 heavy (non-hydrogen) atoms. The predicted octanol–water partition coefficient (Wildman–Crippen LogP) is 2.89. The minimum atomic E-state index is -0.870. The van der Waals surface area contributed by atoms with Crippen LogP contribution in [0.1, 0.15) is 72.6 Å². The number of urea groups is 1. The van der Waals surface area contributed by atoms with Crippen LogP contribution in [0.25, 0.3) is 0 Å². The van der Waals surface area contributed by atoms with Crippen LogP contribution in [0.4, 0.5) is 4.79 Å². The molecule has 0 aromatic rings. The number of piperidine rings is 1. The van der Waals surface area contributed by atoms with Gasteiger partial charge in [-0.15, -0.1) is 0 Å². The average molecular weight is 462 g/mol. The maximum atomic E-state index is 13.4. The van der Waals surface area contributed by atoms with E-state index in [2.05, 4.69) is 49.3 Å². The fourth-order valence-corrected chi connectivity index (χ4v) is 5.49. The van der Waals surface area contributed by atoms with Gasteiger partial charge in [-0.2, -0.15) is 5.26 Å². The zero-order valence-electron chi connectivity index (χ0n) is 21.0. The van der Waals surface area contributed by atoms with Crippen LogP contribution < -0.4 is 10.6 Å². The fourth-order valence-electron chi connectivity index (χ4n) is 5.49. The third kappa shape index (κ3) is 7.07. The second-order valence-electron chi connectivity index (χ2n) is 11.4. The van der Waals surface area contributed by atoms with Crippen molar-refractivity contribution < 1.29 is 14.3 Å². The SMILES string of the molecule is CC1CCCCC1N1CCC(C#N)(NC(=O)C(CC(C)(C)C)NC(=O)N2CCOCC2)CC1. The number of hydrogen-bond acceptors (Lipinski definition) is 5. The lowest BCUT2D eigenvalue weighted by atomic mass is 9.81. The van der Waals surface area contributed by atoms with E-state index in [0.29, 0.717) is 57.5 Å². The Hall–Kier alpha value is -1.85. The number of amides is 3. The summed E-state index contributed by atoms with van der Waals surface area (Å²) in [5, 5.41) is 16.0. The summed E-state index contributed by atoms with van der Waals surface area (Å²) in [6.07, 6.45) is 6.85. The first kappa shape index (κ1) is 25.8. The van der Waals surface area contributed by atoms with E-state index in [1.54, 1.807) is 4.90 Å². The number of nitriles is 1. The Labute approximate surface area is 199 Å². The Bertz CT molecular complexity index is 715. The summed E-state index contributed by atoms with van der Waals surface area (Å²) < 4.78 is 5.33. The summed E-state index contributed by atoms with van der Waals surface area (Å²) in [5.41, 5.74) is -1.02. The van der Waals surface area contributed by atoms with Crippen molar-refractivity contribution in [3.63, 3.8) is 0 Å². The molecule has 3 fully saturated rings. The van der Waals surface area contributed by atoms with Crippen molar-refractivity contribution in [2.45, 2.75) is 90.3 Å². The van der Waals surface area contributed by atoms with E-state index >= 15 is 0 Å². The fraction of sp³-hybridized carbons (Fsp3) is 0.880. The Morgan fingerprint density at radius 2 is 1.76 bits per heavy atom. The van der Waals surface area contributed by atoms with Gasteiger partial charge in [0, 0.05) is 32.2 Å². The van der Waals surface area contributed by atoms with Crippen LogP contribution in [-0.2, 0) is 9.53 Å². The van der Waals surface area contributed by atoms with Crippen LogP contribution >= 0.6 is 0 Å². The van der Waals surface area contributed by atoms with Crippen molar-refractivity contribution in [2.75, 3.05) is 39.4 Å². The second-order valence-corrected chi connectivity index (χ2v) is 11.4. The molecule has 2 heterocycles. The summed E-state index contributed by atoms with van der Waals surface area (Å²) in [5.74, 6) is 0.432. The third-order valence-electron chi connectivity index (χ3n) is 7.49. The zero-order valence-corrected chi connectivity index (χ0v) is 21.0. The number of morpholine rings is 1. The van der Waals surface area contributed by atoms with Crippen LogP contribution in [0, 0.1) is 22.7 Å². The molecule has 3 rings (SSSR count). The van der Waals surface area contributed by atoms with Gasteiger partial charge in [-0.25, -0.2) is 4.79 Å². The molecular weight excluding hydrogens is 418 g/mol. The number of hydrogen-bond donors (Lipinski definition) is 2. The van der Waals surface area contributed by atoms with Gasteiger partial charge in [-0.3, -0.25) is 9.69 Å². The van der Waals surface area contributed by atoms with Gasteiger partial charge in [0.15, 0.2) is 0 Å². The molecule has 0 aromatic heterocycles. The Balaban J connectivity index is 1.62. The highest BCUT2D eigenvalue weighted by molar-refractivity contribution is 5.88. The number of carbonyl (C=O) groups excluding carboxylic acids is 2. The van der Waals surface area contributed by atoms with Crippen LogP contribution in [0.5, 0.6) is 0 Å². The monoisotopic (exact) mass is 461 g/mol. The number of likely N-dealkylation sites (tertiary alicyclic amines) is 1. The molecule has 3 amide bonds. The zero-order chi connectivity index (χ0) is 24.1. The van der Waals surface area contributed by atoms with Crippen molar-refractivity contribution >= 4 is 11.9 Å². The molecular formula is C25H43N5O3. The van der Waals surface area contributed by atoms with Crippen LogP contribution in [0.2, 0.25) is 0 Å². The molecule has 8 heteroatoms. The Morgan fingerprint density at radius 3 is 2.33 bits per heavy atom. The highest BCUT2D eigenvalue weighted by Crippen LogP contribution is 2.32. The van der Waals surface area contributed by atoms with Crippen molar-refractivity contribution in [2.24, 2.45) is 11.3 Å². The summed E-state index contributed by atoms with van der Waals surface area (Å²) in [4.78, 5) is 30.4.